The molecule has 1 aromatic rings. The van der Waals surface area contributed by atoms with Gasteiger partial charge in [0, 0.05) is 17.8 Å². The Labute approximate surface area is 130 Å². The number of hydrogen-bond donors (Lipinski definition) is 2. The molecule has 1 rings (SSSR count). The third kappa shape index (κ3) is 6.84. The zero-order valence-corrected chi connectivity index (χ0v) is 13.5. The van der Waals surface area contributed by atoms with Crippen LogP contribution in [0.2, 0.25) is 0 Å². The Morgan fingerprint density at radius 1 is 1.23 bits per heavy atom. The van der Waals surface area contributed by atoms with E-state index >= 15 is 0 Å². The molecule has 3 N–H and O–H groups in total. The van der Waals surface area contributed by atoms with Crippen LogP contribution in [0.5, 0.6) is 0 Å². The number of nitrogens with two attached hydrogens (primary N) is 1. The summed E-state index contributed by atoms with van der Waals surface area (Å²) in [7, 11) is 0. The minimum Gasteiger partial charge on any atom is -0.399 e. The van der Waals surface area contributed by atoms with Crippen molar-refractivity contribution in [2.45, 2.75) is 45.5 Å². The molecule has 0 heterocycles. The first-order chi connectivity index (χ1) is 9.98. The standard InChI is InChI=1S/C15H24N2O5/c1-14(2,18)9-21-10-15(3,4)22-8-11-5-12(16)7-13(6-11)17(19)20/h5-7,18H,8-10,16H2,1-4H3. The van der Waals surface area contributed by atoms with Gasteiger partial charge in [-0.2, -0.15) is 0 Å². The molecule has 0 aliphatic heterocycles. The van der Waals surface area contributed by atoms with Crippen LogP contribution in [0.4, 0.5) is 11.4 Å². The third-order valence-electron chi connectivity index (χ3n) is 2.75. The highest BCUT2D eigenvalue weighted by Crippen LogP contribution is 2.21. The number of nitro groups is 1. The molecule has 0 aromatic heterocycles. The molecule has 0 saturated carbocycles. The molecule has 0 amide bonds. The van der Waals surface area contributed by atoms with Gasteiger partial charge in [-0.3, -0.25) is 10.1 Å². The van der Waals surface area contributed by atoms with Crippen molar-refractivity contribution in [2.24, 2.45) is 0 Å². The molecule has 0 saturated heterocycles. The lowest BCUT2D eigenvalue weighted by atomic mass is 10.1. The van der Waals surface area contributed by atoms with Crippen LogP contribution in [0.3, 0.4) is 0 Å². The first-order valence-corrected chi connectivity index (χ1v) is 6.96. The maximum absolute atomic E-state index is 10.8. The van der Waals surface area contributed by atoms with Gasteiger partial charge in [0.25, 0.3) is 5.69 Å². The van der Waals surface area contributed by atoms with Crippen molar-refractivity contribution in [3.05, 3.63) is 33.9 Å². The fraction of sp³-hybridized carbons (Fsp3) is 0.600. The summed E-state index contributed by atoms with van der Waals surface area (Å²) in [6, 6.07) is 4.38. The second kappa shape index (κ2) is 7.04. The molecule has 0 unspecified atom stereocenters. The van der Waals surface area contributed by atoms with Crippen LogP contribution in [-0.2, 0) is 16.1 Å². The number of nitro benzene ring substituents is 1. The van der Waals surface area contributed by atoms with Crippen molar-refractivity contribution in [1.82, 2.24) is 0 Å². The highest BCUT2D eigenvalue weighted by Gasteiger charge is 2.22. The molecule has 0 spiro atoms. The normalized spacial score (nSPS) is 12.4. The minimum absolute atomic E-state index is 0.0605. The summed E-state index contributed by atoms with van der Waals surface area (Å²) in [6.07, 6.45) is 0. The Kier molecular flexibility index (Phi) is 5.87. The molecule has 22 heavy (non-hydrogen) atoms. The molecule has 0 radical (unpaired) electrons. The van der Waals surface area contributed by atoms with E-state index in [1.165, 1.54) is 12.1 Å². The van der Waals surface area contributed by atoms with Gasteiger partial charge in [-0.15, -0.1) is 0 Å². The van der Waals surface area contributed by atoms with Crippen LogP contribution < -0.4 is 5.73 Å². The second-order valence-corrected chi connectivity index (χ2v) is 6.54. The molecule has 124 valence electrons. The highest BCUT2D eigenvalue weighted by molar-refractivity contribution is 5.50. The molecule has 7 nitrogen and oxygen atoms in total. The lowest BCUT2D eigenvalue weighted by Gasteiger charge is -2.27. The van der Waals surface area contributed by atoms with Crippen LogP contribution in [-0.4, -0.2) is 34.4 Å². The molecule has 0 atom stereocenters. The van der Waals surface area contributed by atoms with Crippen LogP contribution in [0, 0.1) is 10.1 Å². The number of anilines is 1. The lowest BCUT2D eigenvalue weighted by molar-refractivity contribution is -0.384. The summed E-state index contributed by atoms with van der Waals surface area (Å²) in [5, 5.41) is 20.4. The topological polar surface area (TPSA) is 108 Å². The quantitative estimate of drug-likeness (QED) is 0.433. The van der Waals surface area contributed by atoms with E-state index in [0.717, 1.165) is 0 Å². The van der Waals surface area contributed by atoms with Crippen LogP contribution >= 0.6 is 0 Å². The molecular formula is C15H24N2O5. The summed E-state index contributed by atoms with van der Waals surface area (Å²) in [6.45, 7) is 7.69. The van der Waals surface area contributed by atoms with E-state index in [9.17, 15) is 15.2 Å². The largest absolute Gasteiger partial charge is 0.399 e. The summed E-state index contributed by atoms with van der Waals surface area (Å²) >= 11 is 0. The van der Waals surface area contributed by atoms with Gasteiger partial charge in [0.15, 0.2) is 0 Å². The number of ether oxygens (including phenoxy) is 2. The van der Waals surface area contributed by atoms with Crippen molar-refractivity contribution >= 4 is 11.4 Å². The van der Waals surface area contributed by atoms with E-state index in [-0.39, 0.29) is 18.9 Å². The van der Waals surface area contributed by atoms with Crippen LogP contribution in [0.1, 0.15) is 33.3 Å². The monoisotopic (exact) mass is 312 g/mol. The van der Waals surface area contributed by atoms with Crippen molar-refractivity contribution in [1.29, 1.82) is 0 Å². The fourth-order valence-electron chi connectivity index (χ4n) is 1.76. The van der Waals surface area contributed by atoms with Crippen LogP contribution in [0.15, 0.2) is 18.2 Å². The Bertz CT molecular complexity index is 523. The zero-order chi connectivity index (χ0) is 17.0. The maximum atomic E-state index is 10.8. The van der Waals surface area contributed by atoms with E-state index in [0.29, 0.717) is 17.9 Å². The van der Waals surface area contributed by atoms with Crippen molar-refractivity contribution < 1.29 is 19.5 Å². The van der Waals surface area contributed by atoms with Gasteiger partial charge in [-0.1, -0.05) is 0 Å². The molecule has 1 aromatic carbocycles. The maximum Gasteiger partial charge on any atom is 0.271 e. The molecule has 0 aliphatic rings. The van der Waals surface area contributed by atoms with Crippen molar-refractivity contribution in [3.63, 3.8) is 0 Å². The van der Waals surface area contributed by atoms with E-state index in [4.69, 9.17) is 15.2 Å². The van der Waals surface area contributed by atoms with Gasteiger partial charge >= 0.3 is 0 Å². The first kappa shape index (κ1) is 18.3. The van der Waals surface area contributed by atoms with Gasteiger partial charge < -0.3 is 20.3 Å². The average molecular weight is 312 g/mol. The van der Waals surface area contributed by atoms with Crippen molar-refractivity contribution in [2.75, 3.05) is 18.9 Å². The predicted molar refractivity (Wildman–Crippen MR) is 83.5 cm³/mol. The summed E-state index contributed by atoms with van der Waals surface area (Å²) in [4.78, 5) is 10.3. The molecule has 7 heteroatoms. The van der Waals surface area contributed by atoms with E-state index < -0.39 is 16.1 Å². The number of nitrogens with zero attached hydrogens (tertiary/aromatic N) is 1. The van der Waals surface area contributed by atoms with E-state index in [1.54, 1.807) is 19.9 Å². The Morgan fingerprint density at radius 2 is 1.86 bits per heavy atom. The fourth-order valence-corrected chi connectivity index (χ4v) is 1.76. The molecule has 0 bridgehead atoms. The molecule has 0 aliphatic carbocycles. The summed E-state index contributed by atoms with van der Waals surface area (Å²) < 4.78 is 11.2. The number of nitrogen functional groups attached to an aromatic ring is 1. The van der Waals surface area contributed by atoms with Gasteiger partial charge in [0.2, 0.25) is 0 Å². The lowest BCUT2D eigenvalue weighted by Crippen LogP contribution is -2.34. The van der Waals surface area contributed by atoms with Gasteiger partial charge in [0.05, 0.1) is 35.9 Å². The molecular weight excluding hydrogens is 288 g/mol. The first-order valence-electron chi connectivity index (χ1n) is 6.96. The number of rotatable bonds is 8. The average Bonchev–Trinajstić information content (AvgIpc) is 2.34. The summed E-state index contributed by atoms with van der Waals surface area (Å²) in [5.74, 6) is 0. The summed E-state index contributed by atoms with van der Waals surface area (Å²) in [5.41, 5.74) is 5.05. The van der Waals surface area contributed by atoms with Gasteiger partial charge in [-0.05, 0) is 39.3 Å². The number of non-ortho nitro benzene ring substituents is 1. The highest BCUT2D eigenvalue weighted by atomic mass is 16.6. The number of benzene rings is 1. The smallest absolute Gasteiger partial charge is 0.271 e. The second-order valence-electron chi connectivity index (χ2n) is 6.54. The Morgan fingerprint density at radius 3 is 2.41 bits per heavy atom. The number of hydrogen-bond acceptors (Lipinski definition) is 6. The molecule has 0 fully saturated rings. The zero-order valence-electron chi connectivity index (χ0n) is 13.5. The van der Waals surface area contributed by atoms with Gasteiger partial charge in [-0.25, -0.2) is 0 Å². The van der Waals surface area contributed by atoms with Crippen LogP contribution in [0.25, 0.3) is 0 Å². The Hall–Kier alpha value is -1.70. The third-order valence-corrected chi connectivity index (χ3v) is 2.75. The van der Waals surface area contributed by atoms with Crippen molar-refractivity contribution in [3.8, 4) is 0 Å². The number of aliphatic hydroxyl groups is 1. The van der Waals surface area contributed by atoms with E-state index in [1.807, 2.05) is 13.8 Å². The SMILES string of the molecule is CC(C)(O)COCC(C)(C)OCc1cc(N)cc([N+](=O)[O-])c1. The van der Waals surface area contributed by atoms with E-state index in [2.05, 4.69) is 0 Å². The van der Waals surface area contributed by atoms with Gasteiger partial charge in [0.1, 0.15) is 0 Å². The Balaban J connectivity index is 2.59. The minimum atomic E-state index is -0.898. The predicted octanol–water partition coefficient (Wildman–Crippen LogP) is 2.26.